The van der Waals surface area contributed by atoms with Crippen LogP contribution in [0.25, 0.3) is 16.1 Å². The summed E-state index contributed by atoms with van der Waals surface area (Å²) in [5, 5.41) is 4.35. The predicted molar refractivity (Wildman–Crippen MR) is 85.5 cm³/mol. The number of hydrogen-bond donors (Lipinski definition) is 0. The molecule has 0 bridgehead atoms. The summed E-state index contributed by atoms with van der Waals surface area (Å²) in [4.78, 5) is 3.46. The highest BCUT2D eigenvalue weighted by molar-refractivity contribution is 6.31. The zero-order valence-electron chi connectivity index (χ0n) is 13.2. The molecule has 1 aliphatic rings. The topological polar surface area (TPSA) is 22.2 Å². The van der Waals surface area contributed by atoms with E-state index in [1.54, 1.807) is 6.07 Å². The first-order valence-corrected chi connectivity index (χ1v) is 7.87. The lowest BCUT2D eigenvalue weighted by molar-refractivity contribution is -0.139. The van der Waals surface area contributed by atoms with Crippen LogP contribution in [0.1, 0.15) is 38.3 Å². The average Bonchev–Trinajstić information content (AvgIpc) is 2.93. The van der Waals surface area contributed by atoms with Crippen LogP contribution in [0.3, 0.4) is 0 Å². The van der Waals surface area contributed by atoms with Gasteiger partial charge in [0, 0.05) is 11.3 Å². The van der Waals surface area contributed by atoms with Gasteiger partial charge in [-0.1, -0.05) is 25.4 Å². The fraction of sp³-hybridized carbons (Fsp3) is 0.412. The van der Waals surface area contributed by atoms with Crippen molar-refractivity contribution in [2.75, 3.05) is 0 Å². The molecular formula is C17H15ClF3N3. The minimum absolute atomic E-state index is 0.00461. The van der Waals surface area contributed by atoms with Gasteiger partial charge in [0.25, 0.3) is 5.92 Å². The van der Waals surface area contributed by atoms with Crippen molar-refractivity contribution in [1.29, 1.82) is 0 Å². The summed E-state index contributed by atoms with van der Waals surface area (Å²) >= 11 is 5.81. The summed E-state index contributed by atoms with van der Waals surface area (Å²) in [5.41, 5.74) is 0.398. The first kappa shape index (κ1) is 16.8. The van der Waals surface area contributed by atoms with Gasteiger partial charge < -0.3 is 0 Å². The molecule has 0 N–H and O–H groups in total. The van der Waals surface area contributed by atoms with Crippen molar-refractivity contribution >= 4 is 11.6 Å². The molecule has 1 aliphatic carbocycles. The molecule has 1 saturated carbocycles. The molecule has 1 fully saturated rings. The van der Waals surface area contributed by atoms with Crippen molar-refractivity contribution in [3.63, 3.8) is 0 Å². The zero-order chi connectivity index (χ0) is 17.7. The Morgan fingerprint density at radius 1 is 1.29 bits per heavy atom. The van der Waals surface area contributed by atoms with Crippen LogP contribution in [0.5, 0.6) is 0 Å². The molecule has 1 aromatic heterocycles. The maximum Gasteiger partial charge on any atom is 0.337 e. The van der Waals surface area contributed by atoms with E-state index in [2.05, 4.69) is 9.94 Å². The molecule has 3 rings (SSSR count). The van der Waals surface area contributed by atoms with E-state index >= 15 is 0 Å². The fourth-order valence-electron chi connectivity index (χ4n) is 2.99. The van der Waals surface area contributed by atoms with E-state index in [1.807, 2.05) is 13.8 Å². The van der Waals surface area contributed by atoms with Crippen molar-refractivity contribution in [1.82, 2.24) is 9.78 Å². The third kappa shape index (κ3) is 2.67. The van der Waals surface area contributed by atoms with Crippen LogP contribution in [0, 0.1) is 12.4 Å². The highest BCUT2D eigenvalue weighted by Crippen LogP contribution is 2.52. The Hall–Kier alpha value is -2.00. The number of aromatic nitrogens is 2. The Bertz CT molecular complexity index is 828. The second-order valence-corrected chi connectivity index (χ2v) is 6.86. The van der Waals surface area contributed by atoms with E-state index in [0.717, 1.165) is 0 Å². The molecule has 0 radical (unpaired) electrons. The van der Waals surface area contributed by atoms with Crippen LogP contribution in [0.15, 0.2) is 24.3 Å². The largest absolute Gasteiger partial charge is 0.337 e. The second-order valence-electron chi connectivity index (χ2n) is 6.45. The van der Waals surface area contributed by atoms with Crippen LogP contribution in [0.4, 0.5) is 13.2 Å². The van der Waals surface area contributed by atoms with Crippen molar-refractivity contribution in [3.05, 3.63) is 52.2 Å². The zero-order valence-corrected chi connectivity index (χ0v) is 13.9. The number of halogens is 4. The Morgan fingerprint density at radius 3 is 2.46 bits per heavy atom. The summed E-state index contributed by atoms with van der Waals surface area (Å²) in [5.74, 6) is -3.39. The van der Waals surface area contributed by atoms with E-state index in [9.17, 15) is 13.2 Å². The molecular weight excluding hydrogens is 339 g/mol. The number of alkyl halides is 2. The summed E-state index contributed by atoms with van der Waals surface area (Å²) < 4.78 is 41.6. The van der Waals surface area contributed by atoms with Crippen LogP contribution in [-0.2, 0) is 5.66 Å². The lowest BCUT2D eigenvalue weighted by atomic mass is 9.81. The van der Waals surface area contributed by atoms with Gasteiger partial charge in [-0.25, -0.2) is 19.7 Å². The molecule has 126 valence electrons. The summed E-state index contributed by atoms with van der Waals surface area (Å²) in [6, 6.07) is 5.94. The van der Waals surface area contributed by atoms with Crippen LogP contribution in [0.2, 0.25) is 5.02 Å². The third-order valence-electron chi connectivity index (χ3n) is 4.23. The molecule has 24 heavy (non-hydrogen) atoms. The van der Waals surface area contributed by atoms with Gasteiger partial charge in [-0.3, -0.25) is 4.85 Å². The minimum atomic E-state index is -2.84. The molecule has 0 saturated heterocycles. The van der Waals surface area contributed by atoms with Gasteiger partial charge in [0.2, 0.25) is 0 Å². The number of rotatable bonds is 3. The van der Waals surface area contributed by atoms with Crippen LogP contribution >= 0.6 is 11.6 Å². The highest BCUT2D eigenvalue weighted by atomic mass is 35.5. The lowest BCUT2D eigenvalue weighted by Gasteiger charge is -2.38. The SMILES string of the molecule is [C-]#[N+]C1(n2nc(-c3ccc(F)c(Cl)c3)cc2C(C)C)CC(F)(F)C1. The predicted octanol–water partition coefficient (Wildman–Crippen LogP) is 5.47. The monoisotopic (exact) mass is 353 g/mol. The van der Waals surface area contributed by atoms with Crippen molar-refractivity contribution in [2.45, 2.75) is 44.2 Å². The number of benzene rings is 1. The molecule has 1 heterocycles. The van der Waals surface area contributed by atoms with Gasteiger partial charge in [0.05, 0.1) is 10.7 Å². The number of nitrogens with zero attached hydrogens (tertiary/aromatic N) is 3. The van der Waals surface area contributed by atoms with Gasteiger partial charge in [0.15, 0.2) is 0 Å². The van der Waals surface area contributed by atoms with Crippen LogP contribution < -0.4 is 0 Å². The third-order valence-corrected chi connectivity index (χ3v) is 4.52. The van der Waals surface area contributed by atoms with E-state index < -0.39 is 30.2 Å². The molecule has 0 spiro atoms. The smallest absolute Gasteiger partial charge is 0.284 e. The van der Waals surface area contributed by atoms with E-state index in [0.29, 0.717) is 17.0 Å². The Balaban J connectivity index is 2.09. The Labute approximate surface area is 142 Å². The van der Waals surface area contributed by atoms with Crippen molar-refractivity contribution < 1.29 is 13.2 Å². The molecule has 7 heteroatoms. The van der Waals surface area contributed by atoms with Gasteiger partial charge in [-0.2, -0.15) is 9.78 Å². The normalized spacial score (nSPS) is 18.2. The van der Waals surface area contributed by atoms with Crippen molar-refractivity contribution in [3.8, 4) is 11.3 Å². The second kappa shape index (κ2) is 5.52. The summed E-state index contributed by atoms with van der Waals surface area (Å²) in [7, 11) is 0. The first-order valence-electron chi connectivity index (χ1n) is 7.50. The van der Waals surface area contributed by atoms with Gasteiger partial charge in [-0.15, -0.1) is 0 Å². The molecule has 0 unspecified atom stereocenters. The lowest BCUT2D eigenvalue weighted by Crippen LogP contribution is -2.52. The van der Waals surface area contributed by atoms with E-state index in [4.69, 9.17) is 18.2 Å². The maximum atomic E-state index is 13.4. The molecule has 1 aromatic carbocycles. The molecule has 0 atom stereocenters. The van der Waals surface area contributed by atoms with E-state index in [-0.39, 0.29) is 10.9 Å². The first-order chi connectivity index (χ1) is 11.2. The quantitative estimate of drug-likeness (QED) is 0.671. The fourth-order valence-corrected chi connectivity index (χ4v) is 3.17. The van der Waals surface area contributed by atoms with E-state index in [1.165, 1.54) is 22.9 Å². The van der Waals surface area contributed by atoms with Gasteiger partial charge in [0.1, 0.15) is 18.7 Å². The summed E-state index contributed by atoms with van der Waals surface area (Å²) in [6.07, 6.45) is -1.09. The Kier molecular flexibility index (Phi) is 3.88. The van der Waals surface area contributed by atoms with Crippen molar-refractivity contribution in [2.24, 2.45) is 0 Å². The van der Waals surface area contributed by atoms with Gasteiger partial charge >= 0.3 is 5.66 Å². The maximum absolute atomic E-state index is 13.4. The minimum Gasteiger partial charge on any atom is -0.284 e. The van der Waals surface area contributed by atoms with Crippen LogP contribution in [-0.4, -0.2) is 15.7 Å². The summed E-state index contributed by atoms with van der Waals surface area (Å²) in [6.45, 7) is 11.2. The molecule has 3 nitrogen and oxygen atoms in total. The highest BCUT2D eigenvalue weighted by Gasteiger charge is 2.65. The molecule has 0 amide bonds. The average molecular weight is 354 g/mol. The number of hydrogen-bond acceptors (Lipinski definition) is 1. The van der Waals surface area contributed by atoms with Gasteiger partial charge in [-0.05, 0) is 30.2 Å². The standard InChI is InChI=1S/C17H15ClF3N3/c1-10(2)15-7-14(11-4-5-13(19)12(18)6-11)23-24(15)17(22-3)8-16(20,21)9-17/h4-7,10H,8-9H2,1-2H3. The molecule has 0 aliphatic heterocycles. The molecule has 2 aromatic rings. The Morgan fingerprint density at radius 2 is 1.96 bits per heavy atom.